The molecule has 0 aromatic heterocycles. The number of ketones is 1. The predicted octanol–water partition coefficient (Wildman–Crippen LogP) is 10.9. The van der Waals surface area contributed by atoms with Gasteiger partial charge in [-0.1, -0.05) is 131 Å². The topological polar surface area (TPSA) is 20.3 Å². The summed E-state index contributed by atoms with van der Waals surface area (Å²) < 4.78 is 0. The summed E-state index contributed by atoms with van der Waals surface area (Å²) in [5.41, 5.74) is 12.0. The molecule has 44 heavy (non-hydrogen) atoms. The maximum atomic E-state index is 13.9. The van der Waals surface area contributed by atoms with E-state index < -0.39 is 5.41 Å². The van der Waals surface area contributed by atoms with Crippen molar-refractivity contribution >= 4 is 22.8 Å². The molecule has 0 radical (unpaired) electrons. The third kappa shape index (κ3) is 4.51. The van der Waals surface area contributed by atoms with Crippen molar-refractivity contribution in [3.63, 3.8) is 0 Å². The maximum Gasteiger partial charge on any atom is 0.193 e. The van der Waals surface area contributed by atoms with Crippen LogP contribution in [-0.2, 0) is 18.3 Å². The highest BCUT2D eigenvalue weighted by atomic mass is 16.1. The van der Waals surface area contributed by atoms with Crippen LogP contribution >= 0.6 is 0 Å². The van der Waals surface area contributed by atoms with Crippen LogP contribution in [0.4, 0.5) is 17.1 Å². The average Bonchev–Trinajstić information content (AvgIpc) is 3.07. The zero-order valence-electron chi connectivity index (χ0n) is 26.0. The molecule has 1 aliphatic heterocycles. The first-order chi connectivity index (χ1) is 21.7. The summed E-state index contributed by atoms with van der Waals surface area (Å²) in [5.74, 6) is 0.107. The van der Waals surface area contributed by atoms with E-state index in [1.54, 1.807) is 0 Å². The summed E-state index contributed by atoms with van der Waals surface area (Å²) in [5, 5.41) is 0. The largest absolute Gasteiger partial charge is 0.310 e. The lowest BCUT2D eigenvalue weighted by Crippen LogP contribution is -2.42. The minimum atomic E-state index is -0.604. The molecule has 0 saturated heterocycles. The van der Waals surface area contributed by atoms with Crippen molar-refractivity contribution in [1.29, 1.82) is 0 Å². The van der Waals surface area contributed by atoms with Crippen LogP contribution in [0.1, 0.15) is 102 Å². The van der Waals surface area contributed by atoms with E-state index in [0.29, 0.717) is 0 Å². The quantitative estimate of drug-likeness (QED) is 0.160. The van der Waals surface area contributed by atoms with E-state index in [4.69, 9.17) is 0 Å². The second-order valence-electron chi connectivity index (χ2n) is 12.5. The summed E-state index contributed by atoms with van der Waals surface area (Å²) >= 11 is 0. The van der Waals surface area contributed by atoms with Crippen LogP contribution in [0.5, 0.6) is 0 Å². The minimum absolute atomic E-state index is 0.107. The molecule has 0 saturated carbocycles. The van der Waals surface area contributed by atoms with Gasteiger partial charge < -0.3 is 4.90 Å². The molecular formula is C42H41NO. The Labute approximate surface area is 262 Å². The van der Waals surface area contributed by atoms with Gasteiger partial charge in [0.25, 0.3) is 0 Å². The van der Waals surface area contributed by atoms with Crippen molar-refractivity contribution in [2.45, 2.75) is 70.6 Å². The smallest absolute Gasteiger partial charge is 0.193 e. The molecule has 1 aliphatic carbocycles. The van der Waals surface area contributed by atoms with Crippen molar-refractivity contribution < 1.29 is 4.79 Å². The fourth-order valence-electron chi connectivity index (χ4n) is 7.73. The molecule has 0 N–H and O–H groups in total. The molecule has 2 nitrogen and oxygen atoms in total. The molecule has 0 fully saturated rings. The third-order valence-electron chi connectivity index (χ3n) is 9.68. The Morgan fingerprint density at radius 3 is 1.43 bits per heavy atom. The summed E-state index contributed by atoms with van der Waals surface area (Å²) in [7, 11) is 0. The Bertz CT molecular complexity index is 1700. The Morgan fingerprint density at radius 2 is 0.955 bits per heavy atom. The van der Waals surface area contributed by atoms with Crippen LogP contribution in [0.3, 0.4) is 0 Å². The Kier molecular flexibility index (Phi) is 7.68. The summed E-state index contributed by atoms with van der Waals surface area (Å²) in [6.07, 6.45) is 9.60. The van der Waals surface area contributed by atoms with E-state index in [1.807, 2.05) is 24.3 Å². The Hall–Kier alpha value is -4.43. The molecule has 2 aliphatic rings. The van der Waals surface area contributed by atoms with Gasteiger partial charge in [-0.05, 0) is 83.3 Å². The Morgan fingerprint density at radius 1 is 0.523 bits per heavy atom. The zero-order valence-corrected chi connectivity index (χ0v) is 26.0. The van der Waals surface area contributed by atoms with Gasteiger partial charge >= 0.3 is 0 Å². The highest BCUT2D eigenvalue weighted by molar-refractivity contribution is 6.14. The van der Waals surface area contributed by atoms with Gasteiger partial charge in [0.05, 0.1) is 16.8 Å². The van der Waals surface area contributed by atoms with Gasteiger partial charge in [-0.3, -0.25) is 4.79 Å². The van der Waals surface area contributed by atoms with Gasteiger partial charge in [-0.15, -0.1) is 0 Å². The second kappa shape index (κ2) is 11.9. The Balaban J connectivity index is 1.50. The number of rotatable bonds is 9. The van der Waals surface area contributed by atoms with Crippen molar-refractivity contribution in [2.24, 2.45) is 0 Å². The monoisotopic (exact) mass is 575 g/mol. The summed E-state index contributed by atoms with van der Waals surface area (Å²) in [4.78, 5) is 16.4. The summed E-state index contributed by atoms with van der Waals surface area (Å²) in [6.45, 7) is 4.55. The van der Waals surface area contributed by atoms with E-state index in [2.05, 4.69) is 110 Å². The molecule has 220 valence electrons. The van der Waals surface area contributed by atoms with Crippen LogP contribution in [0.25, 0.3) is 0 Å². The molecular weight excluding hydrogens is 534 g/mol. The highest BCUT2D eigenvalue weighted by Crippen LogP contribution is 2.60. The van der Waals surface area contributed by atoms with Gasteiger partial charge in [0, 0.05) is 16.8 Å². The zero-order chi connectivity index (χ0) is 30.1. The number of hydrogen-bond acceptors (Lipinski definition) is 2. The molecule has 5 aromatic carbocycles. The number of hydrogen-bond donors (Lipinski definition) is 0. The van der Waals surface area contributed by atoms with Crippen molar-refractivity contribution in [3.05, 3.63) is 160 Å². The second-order valence-corrected chi connectivity index (χ2v) is 12.5. The van der Waals surface area contributed by atoms with E-state index in [9.17, 15) is 4.79 Å². The number of aryl methyl sites for hydroxylation is 2. The number of carbonyl (C=O) groups excluding carboxylic acids is 1. The fraction of sp³-hybridized carbons (Fsp3) is 0.262. The lowest BCUT2D eigenvalue weighted by atomic mass is 9.57. The highest BCUT2D eigenvalue weighted by Gasteiger charge is 2.51. The number of nitrogens with zero attached hydrogens (tertiary/aromatic N) is 1. The minimum Gasteiger partial charge on any atom is -0.310 e. The molecule has 5 aromatic rings. The number of para-hydroxylation sites is 2. The first-order valence-corrected chi connectivity index (χ1v) is 16.5. The van der Waals surface area contributed by atoms with Crippen LogP contribution < -0.4 is 4.90 Å². The van der Waals surface area contributed by atoms with E-state index >= 15 is 0 Å². The molecule has 0 amide bonds. The molecule has 1 spiro atoms. The van der Waals surface area contributed by atoms with Crippen LogP contribution in [-0.4, -0.2) is 5.78 Å². The van der Waals surface area contributed by atoms with E-state index in [1.165, 1.54) is 77.8 Å². The van der Waals surface area contributed by atoms with Gasteiger partial charge in [-0.25, -0.2) is 0 Å². The summed E-state index contributed by atoms with van der Waals surface area (Å²) in [6, 6.07) is 41.6. The average molecular weight is 576 g/mol. The van der Waals surface area contributed by atoms with Crippen molar-refractivity contribution in [1.82, 2.24) is 0 Å². The van der Waals surface area contributed by atoms with Gasteiger partial charge in [0.15, 0.2) is 5.78 Å². The standard InChI is InChI=1S/C42H41NO/c1-3-5-7-17-30-27-31(18-8-6-4-2)29-32(28-30)43-39-25-15-13-23-37(39)42(38-24-14-16-26-40(38)43)35-21-11-9-19-33(35)41(44)34-20-10-12-22-36(34)42/h9-16,19-29H,3-8,17-18H2,1-2H3. The number of unbranched alkanes of at least 4 members (excludes halogenated alkanes) is 4. The number of fused-ring (bicyclic) bond motifs is 8. The first kappa shape index (κ1) is 28.3. The van der Waals surface area contributed by atoms with Crippen LogP contribution in [0, 0.1) is 0 Å². The van der Waals surface area contributed by atoms with Gasteiger partial charge in [-0.2, -0.15) is 0 Å². The number of anilines is 3. The van der Waals surface area contributed by atoms with Crippen molar-refractivity contribution in [3.8, 4) is 0 Å². The maximum absolute atomic E-state index is 13.9. The number of benzene rings is 5. The van der Waals surface area contributed by atoms with E-state index in [0.717, 1.165) is 35.1 Å². The van der Waals surface area contributed by atoms with Crippen molar-refractivity contribution in [2.75, 3.05) is 4.90 Å². The number of carbonyl (C=O) groups is 1. The first-order valence-electron chi connectivity index (χ1n) is 16.5. The molecule has 1 heterocycles. The third-order valence-corrected chi connectivity index (χ3v) is 9.68. The van der Waals surface area contributed by atoms with Gasteiger partial charge in [0.2, 0.25) is 0 Å². The van der Waals surface area contributed by atoms with Gasteiger partial charge in [0.1, 0.15) is 0 Å². The van der Waals surface area contributed by atoms with Crippen LogP contribution in [0.2, 0.25) is 0 Å². The molecule has 0 bridgehead atoms. The fourth-order valence-corrected chi connectivity index (χ4v) is 7.73. The molecule has 7 rings (SSSR count). The molecule has 2 heteroatoms. The lowest BCUT2D eigenvalue weighted by Gasteiger charge is -2.48. The lowest BCUT2D eigenvalue weighted by molar-refractivity contribution is 0.103. The molecule has 0 unspecified atom stereocenters. The SMILES string of the molecule is CCCCCc1cc(CCCCC)cc(N2c3ccccc3C3(c4ccccc4C(=O)c4ccccc43)c3ccccc32)c1. The predicted molar refractivity (Wildman–Crippen MR) is 183 cm³/mol. The normalized spacial score (nSPS) is 14.1. The van der Waals surface area contributed by atoms with Crippen LogP contribution in [0.15, 0.2) is 115 Å². The van der Waals surface area contributed by atoms with E-state index in [-0.39, 0.29) is 5.78 Å². The molecule has 0 atom stereocenters.